The van der Waals surface area contributed by atoms with Gasteiger partial charge in [0.15, 0.2) is 0 Å². The third-order valence-corrected chi connectivity index (χ3v) is 3.17. The van der Waals surface area contributed by atoms with Gasteiger partial charge in [-0.1, -0.05) is 17.3 Å². The second-order valence-electron chi connectivity index (χ2n) is 4.65. The predicted octanol–water partition coefficient (Wildman–Crippen LogP) is 2.39. The Labute approximate surface area is 112 Å². The van der Waals surface area contributed by atoms with Gasteiger partial charge < -0.3 is 15.3 Å². The fourth-order valence-electron chi connectivity index (χ4n) is 2.08. The highest BCUT2D eigenvalue weighted by Crippen LogP contribution is 2.17. The zero-order chi connectivity index (χ0) is 13.7. The average Bonchev–Trinajstić information content (AvgIpc) is 2.91. The first-order chi connectivity index (χ1) is 9.19. The Morgan fingerprint density at radius 3 is 2.79 bits per heavy atom. The van der Waals surface area contributed by atoms with Crippen LogP contribution >= 0.6 is 0 Å². The van der Waals surface area contributed by atoms with Gasteiger partial charge in [-0.15, -0.1) is 0 Å². The highest BCUT2D eigenvalue weighted by Gasteiger charge is 2.18. The van der Waals surface area contributed by atoms with Gasteiger partial charge in [0.1, 0.15) is 0 Å². The zero-order valence-electron chi connectivity index (χ0n) is 10.9. The summed E-state index contributed by atoms with van der Waals surface area (Å²) in [5, 5.41) is 14.6. The number of nitrogens with zero attached hydrogens (tertiary/aromatic N) is 1. The molecule has 0 saturated carbocycles. The normalized spacial score (nSPS) is 19.4. The second kappa shape index (κ2) is 6.33. The van der Waals surface area contributed by atoms with Crippen molar-refractivity contribution in [2.45, 2.75) is 32.3 Å². The number of carbonyl (C=O) groups excluding carboxylic acids is 1. The minimum absolute atomic E-state index is 0.0350. The van der Waals surface area contributed by atoms with E-state index in [1.165, 1.54) is 0 Å². The van der Waals surface area contributed by atoms with E-state index in [0.29, 0.717) is 12.1 Å². The number of carbonyl (C=O) groups is 1. The van der Waals surface area contributed by atoms with Crippen LogP contribution in [0, 0.1) is 0 Å². The van der Waals surface area contributed by atoms with Crippen LogP contribution in [-0.4, -0.2) is 29.5 Å². The maximum Gasteiger partial charge on any atom is 0.226 e. The van der Waals surface area contributed by atoms with E-state index in [2.05, 4.69) is 10.5 Å². The summed E-state index contributed by atoms with van der Waals surface area (Å²) >= 11 is 0. The van der Waals surface area contributed by atoms with Crippen molar-refractivity contribution in [1.29, 1.82) is 0 Å². The van der Waals surface area contributed by atoms with E-state index in [4.69, 9.17) is 9.94 Å². The van der Waals surface area contributed by atoms with Crippen molar-refractivity contribution in [3.05, 3.63) is 29.8 Å². The smallest absolute Gasteiger partial charge is 0.226 e. The summed E-state index contributed by atoms with van der Waals surface area (Å²) in [4.78, 5) is 11.8. The number of amides is 1. The molecule has 0 spiro atoms. The molecule has 19 heavy (non-hydrogen) atoms. The average molecular weight is 262 g/mol. The molecule has 1 aliphatic heterocycles. The Morgan fingerprint density at radius 1 is 1.47 bits per heavy atom. The van der Waals surface area contributed by atoms with Crippen LogP contribution in [0.2, 0.25) is 0 Å². The molecular weight excluding hydrogens is 244 g/mol. The molecule has 0 bridgehead atoms. The molecule has 1 unspecified atom stereocenters. The van der Waals surface area contributed by atoms with Crippen molar-refractivity contribution in [1.82, 2.24) is 0 Å². The summed E-state index contributed by atoms with van der Waals surface area (Å²) in [6.45, 7) is 2.47. The molecule has 1 saturated heterocycles. The maximum absolute atomic E-state index is 11.8. The first-order valence-corrected chi connectivity index (χ1v) is 6.39. The fourth-order valence-corrected chi connectivity index (χ4v) is 2.08. The quantitative estimate of drug-likeness (QED) is 0.497. The molecule has 1 aromatic rings. The lowest BCUT2D eigenvalue weighted by Crippen LogP contribution is -2.19. The van der Waals surface area contributed by atoms with Gasteiger partial charge in [0.2, 0.25) is 5.91 Å². The van der Waals surface area contributed by atoms with Crippen molar-refractivity contribution >= 4 is 17.3 Å². The molecule has 1 aliphatic rings. The molecular formula is C14H18N2O3. The van der Waals surface area contributed by atoms with Gasteiger partial charge in [0, 0.05) is 12.3 Å². The summed E-state index contributed by atoms with van der Waals surface area (Å²) in [5.74, 6) is -0.0350. The molecule has 1 amide bonds. The molecule has 1 heterocycles. The number of anilines is 1. The molecule has 1 aromatic carbocycles. The molecule has 2 rings (SSSR count). The van der Waals surface area contributed by atoms with E-state index in [1.807, 2.05) is 0 Å². The van der Waals surface area contributed by atoms with Crippen LogP contribution in [0.1, 0.15) is 31.7 Å². The Morgan fingerprint density at radius 2 is 2.21 bits per heavy atom. The van der Waals surface area contributed by atoms with Crippen LogP contribution in [0.25, 0.3) is 0 Å². The number of ether oxygens (including phenoxy) is 1. The number of oxime groups is 1. The Hall–Kier alpha value is -1.88. The lowest BCUT2D eigenvalue weighted by molar-refractivity contribution is -0.118. The molecule has 1 fully saturated rings. The molecule has 102 valence electrons. The molecule has 5 heteroatoms. The second-order valence-corrected chi connectivity index (χ2v) is 4.65. The zero-order valence-corrected chi connectivity index (χ0v) is 10.9. The minimum Gasteiger partial charge on any atom is -0.411 e. The van der Waals surface area contributed by atoms with Crippen molar-refractivity contribution in [3.63, 3.8) is 0 Å². The topological polar surface area (TPSA) is 70.9 Å². The van der Waals surface area contributed by atoms with E-state index >= 15 is 0 Å². The molecule has 0 radical (unpaired) electrons. The summed E-state index contributed by atoms with van der Waals surface area (Å²) in [7, 11) is 0. The van der Waals surface area contributed by atoms with Crippen LogP contribution in [-0.2, 0) is 9.53 Å². The standard InChI is InChI=1S/C14H18N2O3/c1-10(16-18)11-4-6-12(7-5-11)15-14(17)9-13-3-2-8-19-13/h4-7,13,18H,2-3,8-9H2,1H3,(H,15,17). The number of nitrogens with one attached hydrogen (secondary N) is 1. The molecule has 0 aliphatic carbocycles. The van der Waals surface area contributed by atoms with E-state index in [9.17, 15) is 4.79 Å². The number of rotatable bonds is 4. The summed E-state index contributed by atoms with van der Waals surface area (Å²) < 4.78 is 5.42. The lowest BCUT2D eigenvalue weighted by Gasteiger charge is -2.10. The number of benzene rings is 1. The lowest BCUT2D eigenvalue weighted by atomic mass is 10.1. The Kier molecular flexibility index (Phi) is 4.52. The van der Waals surface area contributed by atoms with Crippen molar-refractivity contribution in [2.75, 3.05) is 11.9 Å². The van der Waals surface area contributed by atoms with Crippen LogP contribution in [0.15, 0.2) is 29.4 Å². The van der Waals surface area contributed by atoms with Crippen molar-refractivity contribution in [3.8, 4) is 0 Å². The highest BCUT2D eigenvalue weighted by atomic mass is 16.5. The monoisotopic (exact) mass is 262 g/mol. The van der Waals surface area contributed by atoms with Crippen LogP contribution < -0.4 is 5.32 Å². The van der Waals surface area contributed by atoms with E-state index in [-0.39, 0.29) is 12.0 Å². The summed E-state index contributed by atoms with van der Waals surface area (Å²) in [6, 6.07) is 7.18. The largest absolute Gasteiger partial charge is 0.411 e. The minimum atomic E-state index is -0.0350. The van der Waals surface area contributed by atoms with E-state index < -0.39 is 0 Å². The molecule has 5 nitrogen and oxygen atoms in total. The SMILES string of the molecule is CC(=NO)c1ccc(NC(=O)CC2CCCO2)cc1. The molecule has 2 N–H and O–H groups in total. The van der Waals surface area contributed by atoms with Crippen LogP contribution in [0.5, 0.6) is 0 Å². The summed E-state index contributed by atoms with van der Waals surface area (Å²) in [5.41, 5.74) is 2.09. The highest BCUT2D eigenvalue weighted by molar-refractivity contribution is 5.99. The van der Waals surface area contributed by atoms with Crippen molar-refractivity contribution in [2.24, 2.45) is 5.16 Å². The van der Waals surface area contributed by atoms with Crippen LogP contribution in [0.3, 0.4) is 0 Å². The van der Waals surface area contributed by atoms with Gasteiger partial charge in [-0.05, 0) is 37.5 Å². The van der Waals surface area contributed by atoms with Gasteiger partial charge in [-0.2, -0.15) is 0 Å². The van der Waals surface area contributed by atoms with Gasteiger partial charge in [-0.3, -0.25) is 4.79 Å². The van der Waals surface area contributed by atoms with Crippen LogP contribution in [0.4, 0.5) is 5.69 Å². The predicted molar refractivity (Wildman–Crippen MR) is 72.7 cm³/mol. The van der Waals surface area contributed by atoms with E-state index in [0.717, 1.165) is 30.7 Å². The van der Waals surface area contributed by atoms with E-state index in [1.54, 1.807) is 31.2 Å². The Balaban J connectivity index is 1.90. The van der Waals surface area contributed by atoms with Gasteiger partial charge >= 0.3 is 0 Å². The first kappa shape index (κ1) is 13.5. The molecule has 1 atom stereocenters. The van der Waals surface area contributed by atoms with Gasteiger partial charge in [0.25, 0.3) is 0 Å². The fraction of sp³-hybridized carbons (Fsp3) is 0.429. The maximum atomic E-state index is 11.8. The third kappa shape index (κ3) is 3.79. The van der Waals surface area contributed by atoms with Crippen molar-refractivity contribution < 1.29 is 14.7 Å². The number of hydrogen-bond donors (Lipinski definition) is 2. The summed E-state index contributed by atoms with van der Waals surface area (Å²) in [6.07, 6.45) is 2.45. The van der Waals surface area contributed by atoms with Gasteiger partial charge in [0.05, 0.1) is 18.2 Å². The third-order valence-electron chi connectivity index (χ3n) is 3.17. The number of hydrogen-bond acceptors (Lipinski definition) is 4. The first-order valence-electron chi connectivity index (χ1n) is 6.39. The Bertz CT molecular complexity index is 462. The van der Waals surface area contributed by atoms with Gasteiger partial charge in [-0.25, -0.2) is 0 Å². The molecule has 0 aromatic heterocycles.